The number of hydrogen-bond acceptors (Lipinski definition) is 9. The van der Waals surface area contributed by atoms with Gasteiger partial charge in [-0.2, -0.15) is 0 Å². The lowest BCUT2D eigenvalue weighted by Crippen LogP contribution is -2.43. The predicted octanol–water partition coefficient (Wildman–Crippen LogP) is 4.43. The lowest BCUT2D eigenvalue weighted by atomic mass is 10.1. The van der Waals surface area contributed by atoms with Crippen LogP contribution in [0.25, 0.3) is 22.6 Å². The van der Waals surface area contributed by atoms with Crippen LogP contribution in [0.15, 0.2) is 70.1 Å². The van der Waals surface area contributed by atoms with Crippen molar-refractivity contribution in [2.45, 2.75) is 6.92 Å². The molecule has 0 saturated carbocycles. The van der Waals surface area contributed by atoms with Gasteiger partial charge in [0.05, 0.1) is 50.0 Å². The Hall–Kier alpha value is -4.15. The van der Waals surface area contributed by atoms with Crippen LogP contribution in [0.2, 0.25) is 0 Å². The molecule has 0 atom stereocenters. The van der Waals surface area contributed by atoms with E-state index in [-0.39, 0.29) is 5.91 Å². The third-order valence-electron chi connectivity index (χ3n) is 6.10. The monoisotopic (exact) mass is 503 g/mol. The number of carbonyl (C=O) groups excluding carboxylic acids is 1. The molecule has 10 heteroatoms. The van der Waals surface area contributed by atoms with E-state index < -0.39 is 0 Å². The lowest BCUT2D eigenvalue weighted by Gasteiger charge is -2.28. The zero-order valence-electron chi connectivity index (χ0n) is 20.8. The van der Waals surface area contributed by atoms with Crippen LogP contribution in [0.3, 0.4) is 0 Å². The fraction of sp³-hybridized carbons (Fsp3) is 0.296. The minimum absolute atomic E-state index is 0.00233. The first kappa shape index (κ1) is 24.5. The lowest BCUT2D eigenvalue weighted by molar-refractivity contribution is -0.120. The second kappa shape index (κ2) is 11.3. The molecule has 192 valence electrons. The summed E-state index contributed by atoms with van der Waals surface area (Å²) in [5.41, 5.74) is 3.07. The average Bonchev–Trinajstić information content (AvgIpc) is 3.62. The van der Waals surface area contributed by atoms with Gasteiger partial charge in [-0.25, -0.2) is 9.97 Å². The Bertz CT molecular complexity index is 1330. The number of likely N-dealkylation sites (N-methyl/N-ethyl adjacent to an activating group) is 1. The summed E-state index contributed by atoms with van der Waals surface area (Å²) in [5, 5.41) is 3.19. The van der Waals surface area contributed by atoms with E-state index in [0.717, 1.165) is 35.6 Å². The molecule has 5 rings (SSSR count). The van der Waals surface area contributed by atoms with Crippen molar-refractivity contribution in [1.29, 1.82) is 0 Å². The summed E-state index contributed by atoms with van der Waals surface area (Å²) < 4.78 is 22.7. The van der Waals surface area contributed by atoms with Crippen molar-refractivity contribution in [3.8, 4) is 28.4 Å². The van der Waals surface area contributed by atoms with Gasteiger partial charge in [0.15, 0.2) is 17.9 Å². The number of nitrogens with one attached hydrogen (secondary N) is 1. The zero-order valence-corrected chi connectivity index (χ0v) is 20.8. The van der Waals surface area contributed by atoms with E-state index in [1.165, 1.54) is 6.39 Å². The van der Waals surface area contributed by atoms with Crippen molar-refractivity contribution >= 4 is 23.3 Å². The van der Waals surface area contributed by atoms with E-state index in [4.69, 9.17) is 18.3 Å². The Kier molecular flexibility index (Phi) is 7.48. The molecule has 0 bridgehead atoms. The normalized spacial score (nSPS) is 13.9. The number of aromatic nitrogens is 2. The van der Waals surface area contributed by atoms with Crippen molar-refractivity contribution in [3.05, 3.63) is 61.3 Å². The van der Waals surface area contributed by atoms with Crippen LogP contribution in [0, 0.1) is 0 Å². The van der Waals surface area contributed by atoms with E-state index >= 15 is 0 Å². The molecule has 1 fully saturated rings. The Labute approximate surface area is 214 Å². The van der Waals surface area contributed by atoms with Crippen LogP contribution in [0.5, 0.6) is 5.75 Å². The van der Waals surface area contributed by atoms with Gasteiger partial charge in [0.2, 0.25) is 5.91 Å². The number of para-hydroxylation sites is 1. The van der Waals surface area contributed by atoms with E-state index in [2.05, 4.69) is 20.2 Å². The molecule has 1 aliphatic heterocycles. The second-order valence-electron chi connectivity index (χ2n) is 8.52. The van der Waals surface area contributed by atoms with Gasteiger partial charge >= 0.3 is 0 Å². The molecule has 1 aliphatic rings. The number of oxazole rings is 2. The molecule has 2 aromatic carbocycles. The highest BCUT2D eigenvalue weighted by atomic mass is 16.5. The summed E-state index contributed by atoms with van der Waals surface area (Å²) in [5.74, 6) is 1.83. The largest absolute Gasteiger partial charge is 0.493 e. The highest BCUT2D eigenvalue weighted by Crippen LogP contribution is 2.35. The number of nitrogens with zero attached hydrogens (tertiary/aromatic N) is 4. The molecule has 0 unspecified atom stereocenters. The van der Waals surface area contributed by atoms with Gasteiger partial charge in [-0.05, 0) is 31.2 Å². The van der Waals surface area contributed by atoms with Gasteiger partial charge in [0.25, 0.3) is 6.01 Å². The molecule has 4 aromatic rings. The Balaban J connectivity index is 1.33. The minimum atomic E-state index is 0.00233. The van der Waals surface area contributed by atoms with Crippen molar-refractivity contribution in [3.63, 3.8) is 0 Å². The Morgan fingerprint density at radius 3 is 2.73 bits per heavy atom. The molecule has 1 amide bonds. The molecule has 0 radical (unpaired) electrons. The number of hydrogen-bond donors (Lipinski definition) is 1. The predicted molar refractivity (Wildman–Crippen MR) is 139 cm³/mol. The summed E-state index contributed by atoms with van der Waals surface area (Å²) in [6, 6.07) is 13.6. The van der Waals surface area contributed by atoms with Crippen molar-refractivity contribution < 1.29 is 23.1 Å². The Morgan fingerprint density at radius 1 is 1.11 bits per heavy atom. The number of amides is 1. The standard InChI is InChI=1S/C27H29N5O5/c1-3-35-23-14-19(8-9-21(23)24-15-28-18-36-24)30-27-29-16-25(37-27)20-6-4-5-7-22(20)31(2)26(33)17-32-10-12-34-13-11-32/h4-9,14-16,18H,3,10-13,17H2,1-2H3,(H,29,30). The van der Waals surface area contributed by atoms with E-state index in [0.29, 0.717) is 49.7 Å². The SMILES string of the molecule is CCOc1cc(Nc2ncc(-c3ccccc3N(C)C(=O)CN3CCOCC3)o2)ccc1-c1cnco1. The Morgan fingerprint density at radius 2 is 1.95 bits per heavy atom. The molecule has 0 spiro atoms. The molecule has 3 heterocycles. The fourth-order valence-electron chi connectivity index (χ4n) is 4.17. The molecule has 1 N–H and O–H groups in total. The number of carbonyl (C=O) groups is 1. The molecular weight excluding hydrogens is 474 g/mol. The van der Waals surface area contributed by atoms with Gasteiger partial charge in [-0.15, -0.1) is 0 Å². The van der Waals surface area contributed by atoms with Gasteiger partial charge in [0, 0.05) is 37.5 Å². The smallest absolute Gasteiger partial charge is 0.299 e. The van der Waals surface area contributed by atoms with Crippen LogP contribution in [0.4, 0.5) is 17.4 Å². The number of anilines is 3. The molecule has 10 nitrogen and oxygen atoms in total. The zero-order chi connectivity index (χ0) is 25.6. The van der Waals surface area contributed by atoms with E-state index in [1.54, 1.807) is 24.3 Å². The second-order valence-corrected chi connectivity index (χ2v) is 8.52. The summed E-state index contributed by atoms with van der Waals surface area (Å²) in [6.45, 7) is 5.56. The van der Waals surface area contributed by atoms with Gasteiger partial charge in [-0.1, -0.05) is 12.1 Å². The maximum Gasteiger partial charge on any atom is 0.299 e. The van der Waals surface area contributed by atoms with Crippen LogP contribution in [-0.2, 0) is 9.53 Å². The van der Waals surface area contributed by atoms with Gasteiger partial charge < -0.3 is 28.5 Å². The van der Waals surface area contributed by atoms with Gasteiger partial charge in [0.1, 0.15) is 5.75 Å². The van der Waals surface area contributed by atoms with Crippen LogP contribution < -0.4 is 15.0 Å². The van der Waals surface area contributed by atoms with Gasteiger partial charge in [-0.3, -0.25) is 9.69 Å². The fourth-order valence-corrected chi connectivity index (χ4v) is 4.17. The summed E-state index contributed by atoms with van der Waals surface area (Å²) in [4.78, 5) is 25.2. The van der Waals surface area contributed by atoms with Crippen molar-refractivity contribution in [2.75, 3.05) is 56.7 Å². The number of rotatable bonds is 9. The van der Waals surface area contributed by atoms with E-state index in [9.17, 15) is 4.79 Å². The molecule has 0 aliphatic carbocycles. The first-order valence-corrected chi connectivity index (χ1v) is 12.2. The number of ether oxygens (including phenoxy) is 2. The highest BCUT2D eigenvalue weighted by Gasteiger charge is 2.21. The molecule has 37 heavy (non-hydrogen) atoms. The van der Waals surface area contributed by atoms with E-state index in [1.807, 2.05) is 49.4 Å². The highest BCUT2D eigenvalue weighted by molar-refractivity contribution is 5.98. The minimum Gasteiger partial charge on any atom is -0.493 e. The molecule has 1 saturated heterocycles. The molecular formula is C27H29N5O5. The third kappa shape index (κ3) is 5.65. The van der Waals surface area contributed by atoms with Crippen LogP contribution in [-0.4, -0.2) is 67.3 Å². The van der Waals surface area contributed by atoms with Crippen molar-refractivity contribution in [1.82, 2.24) is 14.9 Å². The quantitative estimate of drug-likeness (QED) is 0.355. The third-order valence-corrected chi connectivity index (χ3v) is 6.10. The summed E-state index contributed by atoms with van der Waals surface area (Å²) in [6.07, 6.45) is 4.68. The van der Waals surface area contributed by atoms with Crippen LogP contribution in [0.1, 0.15) is 6.92 Å². The first-order valence-electron chi connectivity index (χ1n) is 12.2. The maximum atomic E-state index is 13.0. The summed E-state index contributed by atoms with van der Waals surface area (Å²) in [7, 11) is 1.78. The van der Waals surface area contributed by atoms with Crippen molar-refractivity contribution in [2.24, 2.45) is 0 Å². The topological polar surface area (TPSA) is 106 Å². The summed E-state index contributed by atoms with van der Waals surface area (Å²) >= 11 is 0. The first-order chi connectivity index (χ1) is 18.1. The average molecular weight is 504 g/mol. The maximum absolute atomic E-state index is 13.0. The molecule has 2 aromatic heterocycles. The van der Waals surface area contributed by atoms with Crippen LogP contribution >= 0.6 is 0 Å². The number of benzene rings is 2. The number of morpholine rings is 1.